The first kappa shape index (κ1) is 24.3. The van der Waals surface area contributed by atoms with Crippen molar-refractivity contribution < 1.29 is 29.0 Å². The van der Waals surface area contributed by atoms with Gasteiger partial charge in [-0.25, -0.2) is 9.59 Å². The number of carbonyl (C=O) groups is 3. The van der Waals surface area contributed by atoms with Crippen molar-refractivity contribution in [3.63, 3.8) is 0 Å². The summed E-state index contributed by atoms with van der Waals surface area (Å²) in [5, 5.41) is 12.3. The van der Waals surface area contributed by atoms with E-state index in [0.29, 0.717) is 19.4 Å². The first-order valence-corrected chi connectivity index (χ1v) is 11.0. The zero-order valence-corrected chi connectivity index (χ0v) is 19.0. The van der Waals surface area contributed by atoms with Crippen LogP contribution in [0.5, 0.6) is 0 Å². The highest BCUT2D eigenvalue weighted by Crippen LogP contribution is 2.44. The Labute approximate surface area is 193 Å². The van der Waals surface area contributed by atoms with Gasteiger partial charge in [0.25, 0.3) is 0 Å². The van der Waals surface area contributed by atoms with Gasteiger partial charge in [0, 0.05) is 26.6 Å². The minimum absolute atomic E-state index is 0.0116. The fraction of sp³-hybridized carbons (Fsp3) is 0.400. The fourth-order valence-electron chi connectivity index (χ4n) is 4.18. The predicted octanol–water partition coefficient (Wildman–Crippen LogP) is 3.25. The largest absolute Gasteiger partial charge is 0.480 e. The lowest BCUT2D eigenvalue weighted by Crippen LogP contribution is -2.43. The van der Waals surface area contributed by atoms with Crippen molar-refractivity contribution in [2.75, 3.05) is 33.9 Å². The Morgan fingerprint density at radius 1 is 1.03 bits per heavy atom. The Morgan fingerprint density at radius 2 is 1.64 bits per heavy atom. The summed E-state index contributed by atoms with van der Waals surface area (Å²) in [6.07, 6.45) is 0.719. The zero-order valence-electron chi connectivity index (χ0n) is 19.0. The Kier molecular flexibility index (Phi) is 8.43. The average molecular weight is 455 g/mol. The topological polar surface area (TPSA) is 105 Å². The fourth-order valence-corrected chi connectivity index (χ4v) is 4.18. The summed E-state index contributed by atoms with van der Waals surface area (Å²) >= 11 is 0. The maximum atomic E-state index is 12.7. The molecule has 2 N–H and O–H groups in total. The van der Waals surface area contributed by atoms with Crippen LogP contribution in [0.3, 0.4) is 0 Å². The van der Waals surface area contributed by atoms with Crippen LogP contribution in [0.15, 0.2) is 48.5 Å². The molecule has 0 saturated heterocycles. The summed E-state index contributed by atoms with van der Waals surface area (Å²) in [6.45, 7) is 0.542. The number of benzene rings is 2. The van der Waals surface area contributed by atoms with E-state index in [0.717, 1.165) is 27.2 Å². The second-order valence-electron chi connectivity index (χ2n) is 8.05. The normalized spacial score (nSPS) is 13.0. The van der Waals surface area contributed by atoms with E-state index in [4.69, 9.17) is 9.47 Å². The van der Waals surface area contributed by atoms with Gasteiger partial charge < -0.3 is 19.9 Å². The van der Waals surface area contributed by atoms with E-state index in [2.05, 4.69) is 17.4 Å². The third-order valence-corrected chi connectivity index (χ3v) is 5.88. The van der Waals surface area contributed by atoms with Gasteiger partial charge in [-0.2, -0.15) is 0 Å². The van der Waals surface area contributed by atoms with E-state index in [-0.39, 0.29) is 31.5 Å². The molecule has 1 aliphatic carbocycles. The first-order valence-electron chi connectivity index (χ1n) is 11.0. The SMILES string of the molecule is COCC(=O)NCCCCC(C(=O)O)N(C)C(=O)OCC1c2ccccc2-c2ccccc21. The second-order valence-corrected chi connectivity index (χ2v) is 8.05. The molecular weight excluding hydrogens is 424 g/mol. The molecule has 3 rings (SSSR count). The Hall–Kier alpha value is -3.39. The third-order valence-electron chi connectivity index (χ3n) is 5.88. The number of nitrogens with one attached hydrogen (secondary N) is 1. The standard InChI is InChI=1S/C25H30N2O6/c1-27(22(24(29)30)13-7-8-14-26-23(28)16-32-2)25(31)33-15-21-19-11-5-3-9-17(19)18-10-4-6-12-20(18)21/h3-6,9-12,21-22H,7-8,13-16H2,1-2H3,(H,26,28)(H,29,30). The Bertz CT molecular complexity index is 947. The van der Waals surface area contributed by atoms with Gasteiger partial charge in [0.1, 0.15) is 19.3 Å². The molecule has 1 unspecified atom stereocenters. The number of likely N-dealkylation sites (N-methyl/N-ethyl adjacent to an activating group) is 1. The first-order chi connectivity index (χ1) is 15.9. The van der Waals surface area contributed by atoms with Crippen molar-refractivity contribution in [2.24, 2.45) is 0 Å². The Morgan fingerprint density at radius 3 is 2.21 bits per heavy atom. The summed E-state index contributed by atoms with van der Waals surface area (Å²) < 4.78 is 10.3. The molecule has 2 aromatic carbocycles. The van der Waals surface area contributed by atoms with E-state index < -0.39 is 18.1 Å². The minimum atomic E-state index is -1.09. The van der Waals surface area contributed by atoms with Crippen LogP contribution in [0.25, 0.3) is 11.1 Å². The van der Waals surface area contributed by atoms with Gasteiger partial charge >= 0.3 is 12.1 Å². The number of fused-ring (bicyclic) bond motifs is 3. The van der Waals surface area contributed by atoms with Crippen LogP contribution >= 0.6 is 0 Å². The van der Waals surface area contributed by atoms with Crippen LogP contribution in [0.1, 0.15) is 36.3 Å². The van der Waals surface area contributed by atoms with Gasteiger partial charge in [0.15, 0.2) is 0 Å². The molecule has 0 fully saturated rings. The molecule has 2 amide bonds. The van der Waals surface area contributed by atoms with Gasteiger partial charge in [-0.05, 0) is 41.5 Å². The minimum Gasteiger partial charge on any atom is -0.480 e. The number of ether oxygens (including phenoxy) is 2. The monoisotopic (exact) mass is 454 g/mol. The lowest BCUT2D eigenvalue weighted by Gasteiger charge is -2.25. The molecule has 8 heteroatoms. The van der Waals surface area contributed by atoms with Crippen molar-refractivity contribution in [1.29, 1.82) is 0 Å². The molecule has 0 aromatic heterocycles. The number of nitrogens with zero attached hydrogens (tertiary/aromatic N) is 1. The number of aliphatic carboxylic acids is 1. The van der Waals surface area contributed by atoms with Crippen LogP contribution in [-0.4, -0.2) is 67.9 Å². The highest BCUT2D eigenvalue weighted by molar-refractivity contribution is 5.81. The molecule has 1 atom stereocenters. The molecule has 8 nitrogen and oxygen atoms in total. The molecule has 0 heterocycles. The van der Waals surface area contributed by atoms with E-state index in [1.165, 1.54) is 14.2 Å². The number of carbonyl (C=O) groups excluding carboxylic acids is 2. The molecule has 0 bridgehead atoms. The summed E-state index contributed by atoms with van der Waals surface area (Å²) in [4.78, 5) is 37.0. The van der Waals surface area contributed by atoms with Crippen LogP contribution in [0.2, 0.25) is 0 Å². The Balaban J connectivity index is 1.54. The number of carboxylic acid groups (broad SMARTS) is 1. The summed E-state index contributed by atoms with van der Waals surface area (Å²) in [6, 6.07) is 15.1. The van der Waals surface area contributed by atoms with E-state index in [9.17, 15) is 19.5 Å². The summed E-state index contributed by atoms with van der Waals surface area (Å²) in [7, 11) is 2.88. The van der Waals surface area contributed by atoms with Crippen molar-refractivity contribution in [2.45, 2.75) is 31.2 Å². The molecule has 0 spiro atoms. The predicted molar refractivity (Wildman–Crippen MR) is 123 cm³/mol. The van der Waals surface area contributed by atoms with Crippen LogP contribution in [-0.2, 0) is 19.1 Å². The molecule has 0 radical (unpaired) electrons. The number of rotatable bonds is 11. The van der Waals surface area contributed by atoms with E-state index in [1.54, 1.807) is 0 Å². The number of hydrogen-bond acceptors (Lipinski definition) is 5. The third kappa shape index (κ3) is 5.90. The molecule has 33 heavy (non-hydrogen) atoms. The highest BCUT2D eigenvalue weighted by atomic mass is 16.6. The van der Waals surface area contributed by atoms with Gasteiger partial charge in [0.05, 0.1) is 0 Å². The van der Waals surface area contributed by atoms with Crippen LogP contribution in [0, 0.1) is 0 Å². The van der Waals surface area contributed by atoms with Crippen LogP contribution < -0.4 is 5.32 Å². The van der Waals surface area contributed by atoms with Crippen molar-refractivity contribution >= 4 is 18.0 Å². The lowest BCUT2D eigenvalue weighted by atomic mass is 9.98. The highest BCUT2D eigenvalue weighted by Gasteiger charge is 2.31. The van der Waals surface area contributed by atoms with Gasteiger partial charge in [0.2, 0.25) is 5.91 Å². The smallest absolute Gasteiger partial charge is 0.410 e. The second kappa shape index (κ2) is 11.5. The zero-order chi connectivity index (χ0) is 23.8. The number of unbranched alkanes of at least 4 members (excludes halogenated alkanes) is 1. The molecule has 1 aliphatic rings. The maximum absolute atomic E-state index is 12.7. The maximum Gasteiger partial charge on any atom is 0.410 e. The molecule has 2 aromatic rings. The number of carboxylic acids is 1. The van der Waals surface area contributed by atoms with Crippen molar-refractivity contribution in [3.05, 3.63) is 59.7 Å². The molecule has 0 saturated carbocycles. The molecule has 0 aliphatic heterocycles. The van der Waals surface area contributed by atoms with Crippen molar-refractivity contribution in [1.82, 2.24) is 10.2 Å². The lowest BCUT2D eigenvalue weighted by molar-refractivity contribution is -0.142. The molecule has 176 valence electrons. The van der Waals surface area contributed by atoms with Crippen molar-refractivity contribution in [3.8, 4) is 11.1 Å². The number of hydrogen-bond donors (Lipinski definition) is 2. The van der Waals surface area contributed by atoms with E-state index >= 15 is 0 Å². The number of amides is 2. The molecular formula is C25H30N2O6. The van der Waals surface area contributed by atoms with E-state index in [1.807, 2.05) is 36.4 Å². The summed E-state index contributed by atoms with van der Waals surface area (Å²) in [5.41, 5.74) is 4.45. The quantitative estimate of drug-likeness (QED) is 0.505. The average Bonchev–Trinajstić information content (AvgIpc) is 3.13. The van der Waals surface area contributed by atoms with Gasteiger partial charge in [-0.3, -0.25) is 9.69 Å². The number of methoxy groups -OCH3 is 1. The van der Waals surface area contributed by atoms with Crippen LogP contribution in [0.4, 0.5) is 4.79 Å². The summed E-state index contributed by atoms with van der Waals surface area (Å²) in [5.74, 6) is -1.40. The van der Waals surface area contributed by atoms with Gasteiger partial charge in [-0.15, -0.1) is 0 Å². The van der Waals surface area contributed by atoms with Gasteiger partial charge in [-0.1, -0.05) is 48.5 Å².